The molecule has 2 unspecified atom stereocenters. The van der Waals surface area contributed by atoms with Crippen LogP contribution in [0.4, 0.5) is 4.39 Å². The van der Waals surface area contributed by atoms with Crippen molar-refractivity contribution in [1.29, 1.82) is 0 Å². The third-order valence-electron chi connectivity index (χ3n) is 4.83. The molecule has 30 heavy (non-hydrogen) atoms. The minimum Gasteiger partial charge on any atom is -0.377 e. The highest BCUT2D eigenvalue weighted by Crippen LogP contribution is 2.16. The number of benzene rings is 1. The van der Waals surface area contributed by atoms with Crippen molar-refractivity contribution in [3.05, 3.63) is 35.1 Å². The maximum Gasteiger partial charge on any atom is 0.213 e. The number of guanidine groups is 1. The molecule has 0 amide bonds. The van der Waals surface area contributed by atoms with E-state index in [1.54, 1.807) is 13.0 Å². The van der Waals surface area contributed by atoms with Crippen LogP contribution in [0.5, 0.6) is 0 Å². The molecule has 1 fully saturated rings. The predicted molar refractivity (Wildman–Crippen MR) is 129 cm³/mol. The van der Waals surface area contributed by atoms with Gasteiger partial charge >= 0.3 is 0 Å². The number of aliphatic imine (C=N–C) groups is 1. The van der Waals surface area contributed by atoms with Crippen molar-refractivity contribution in [3.63, 3.8) is 0 Å². The summed E-state index contributed by atoms with van der Waals surface area (Å²) in [6.45, 7) is 7.29. The zero-order chi connectivity index (χ0) is 21.3. The molecule has 1 aromatic carbocycles. The lowest BCUT2D eigenvalue weighted by molar-refractivity contribution is 0.0200. The first-order chi connectivity index (χ1) is 13.8. The molecule has 1 heterocycles. The van der Waals surface area contributed by atoms with Crippen LogP contribution in [-0.2, 0) is 14.8 Å². The number of hydrogen-bond donors (Lipinski definition) is 3. The molecule has 0 aromatic heterocycles. The Morgan fingerprint density at radius 3 is 2.77 bits per heavy atom. The van der Waals surface area contributed by atoms with Crippen molar-refractivity contribution in [1.82, 2.24) is 15.4 Å². The molecule has 3 N–H and O–H groups in total. The Labute approximate surface area is 196 Å². The minimum absolute atomic E-state index is 0. The van der Waals surface area contributed by atoms with Gasteiger partial charge in [0.15, 0.2) is 5.96 Å². The van der Waals surface area contributed by atoms with Gasteiger partial charge in [-0.1, -0.05) is 12.1 Å². The fourth-order valence-electron chi connectivity index (χ4n) is 3.02. The summed E-state index contributed by atoms with van der Waals surface area (Å²) in [6, 6.07) is 4.92. The van der Waals surface area contributed by atoms with Gasteiger partial charge in [0, 0.05) is 19.7 Å². The van der Waals surface area contributed by atoms with Crippen molar-refractivity contribution in [2.75, 3.05) is 32.0 Å². The molecule has 2 rings (SSSR count). The van der Waals surface area contributed by atoms with Crippen molar-refractivity contribution >= 4 is 40.0 Å². The Balaban J connectivity index is 0.00000450. The number of rotatable bonds is 9. The maximum absolute atomic E-state index is 13.8. The van der Waals surface area contributed by atoms with Crippen LogP contribution in [0, 0.1) is 12.7 Å². The van der Waals surface area contributed by atoms with Crippen LogP contribution in [0.3, 0.4) is 0 Å². The summed E-state index contributed by atoms with van der Waals surface area (Å²) in [5, 5.41) is 6.28. The number of nitrogens with one attached hydrogen (secondary N) is 3. The van der Waals surface area contributed by atoms with E-state index in [1.165, 1.54) is 6.07 Å². The summed E-state index contributed by atoms with van der Waals surface area (Å²) < 4.78 is 46.4. The highest BCUT2D eigenvalue weighted by molar-refractivity contribution is 14.0. The second kappa shape index (κ2) is 13.4. The van der Waals surface area contributed by atoms with Crippen LogP contribution in [-0.4, -0.2) is 52.5 Å². The number of ether oxygens (including phenoxy) is 1. The number of hydrogen-bond acceptors (Lipinski definition) is 4. The van der Waals surface area contributed by atoms with Gasteiger partial charge in [0.2, 0.25) is 10.0 Å². The average molecular weight is 556 g/mol. The lowest BCUT2D eigenvalue weighted by Gasteiger charge is -2.22. The van der Waals surface area contributed by atoms with E-state index < -0.39 is 10.0 Å². The number of nitrogens with zero attached hydrogens (tertiary/aromatic N) is 1. The third-order valence-corrected chi connectivity index (χ3v) is 6.15. The van der Waals surface area contributed by atoms with E-state index in [9.17, 15) is 12.8 Å². The normalized spacial score (nSPS) is 18.4. The fourth-order valence-corrected chi connectivity index (χ4v) is 3.94. The Morgan fingerprint density at radius 1 is 1.37 bits per heavy atom. The highest BCUT2D eigenvalue weighted by Gasteiger charge is 2.17. The first-order valence-electron chi connectivity index (χ1n) is 10.2. The van der Waals surface area contributed by atoms with Crippen molar-refractivity contribution < 1.29 is 17.5 Å². The van der Waals surface area contributed by atoms with Gasteiger partial charge in [-0.2, -0.15) is 0 Å². The van der Waals surface area contributed by atoms with E-state index in [0.29, 0.717) is 31.2 Å². The van der Waals surface area contributed by atoms with Gasteiger partial charge < -0.3 is 15.4 Å². The van der Waals surface area contributed by atoms with Crippen molar-refractivity contribution in [3.8, 4) is 0 Å². The van der Waals surface area contributed by atoms with E-state index in [4.69, 9.17) is 4.74 Å². The average Bonchev–Trinajstić information content (AvgIpc) is 2.69. The molecule has 10 heteroatoms. The van der Waals surface area contributed by atoms with E-state index in [0.717, 1.165) is 24.8 Å². The molecular weight excluding hydrogens is 522 g/mol. The van der Waals surface area contributed by atoms with Gasteiger partial charge in [-0.25, -0.2) is 17.5 Å². The van der Waals surface area contributed by atoms with Gasteiger partial charge in [-0.05, 0) is 57.2 Å². The van der Waals surface area contributed by atoms with E-state index >= 15 is 0 Å². The van der Waals surface area contributed by atoms with Gasteiger partial charge in [0.05, 0.1) is 24.4 Å². The number of sulfonamides is 1. The summed E-state index contributed by atoms with van der Waals surface area (Å²) in [4.78, 5) is 4.35. The zero-order valence-electron chi connectivity index (χ0n) is 17.9. The molecule has 0 spiro atoms. The van der Waals surface area contributed by atoms with E-state index in [1.807, 2.05) is 19.9 Å². The molecular formula is C20H34FIN4O3S. The molecule has 0 radical (unpaired) electrons. The van der Waals surface area contributed by atoms with Crippen LogP contribution in [0.25, 0.3) is 0 Å². The Bertz CT molecular complexity index is 786. The third kappa shape index (κ3) is 9.44. The molecule has 0 bridgehead atoms. The zero-order valence-corrected chi connectivity index (χ0v) is 21.1. The number of aryl methyl sites for hydroxylation is 1. The highest BCUT2D eigenvalue weighted by atomic mass is 127. The molecule has 0 saturated carbocycles. The molecule has 1 aromatic rings. The standard InChI is InChI=1S/C20H33FN4O3S.HI/c1-4-22-20(25-16(3)17-9-8-15(2)19(21)13-17)23-10-12-29(26,27)24-14-18-7-5-6-11-28-18;/h8-9,13,16,18,24H,4-7,10-12,14H2,1-3H3,(H2,22,23,25);1H. The lowest BCUT2D eigenvalue weighted by atomic mass is 10.1. The van der Waals surface area contributed by atoms with Crippen LogP contribution in [0.2, 0.25) is 0 Å². The van der Waals surface area contributed by atoms with Gasteiger partial charge in [-0.15, -0.1) is 24.0 Å². The summed E-state index contributed by atoms with van der Waals surface area (Å²) >= 11 is 0. The summed E-state index contributed by atoms with van der Waals surface area (Å²) in [7, 11) is -3.42. The Morgan fingerprint density at radius 2 is 2.13 bits per heavy atom. The molecule has 7 nitrogen and oxygen atoms in total. The molecule has 0 aliphatic carbocycles. The van der Waals surface area contributed by atoms with E-state index in [2.05, 4.69) is 20.3 Å². The molecule has 1 saturated heterocycles. The lowest BCUT2D eigenvalue weighted by Crippen LogP contribution is -2.40. The maximum atomic E-state index is 13.8. The van der Waals surface area contributed by atoms with Gasteiger partial charge in [0.25, 0.3) is 0 Å². The SMILES string of the molecule is CCNC(=NCCS(=O)(=O)NCC1CCCCO1)NC(C)c1ccc(C)c(F)c1.I. The van der Waals surface area contributed by atoms with E-state index in [-0.39, 0.29) is 54.2 Å². The van der Waals surface area contributed by atoms with Crippen molar-refractivity contribution in [2.45, 2.75) is 52.2 Å². The first kappa shape index (κ1) is 27.1. The number of halogens is 2. The summed E-state index contributed by atoms with van der Waals surface area (Å²) in [5.74, 6) is 0.133. The quantitative estimate of drug-likeness (QED) is 0.247. The fraction of sp³-hybridized carbons (Fsp3) is 0.650. The van der Waals surface area contributed by atoms with Crippen LogP contribution < -0.4 is 15.4 Å². The largest absolute Gasteiger partial charge is 0.377 e. The summed E-state index contributed by atoms with van der Waals surface area (Å²) in [5.41, 5.74) is 1.39. The smallest absolute Gasteiger partial charge is 0.213 e. The molecule has 2 atom stereocenters. The van der Waals surface area contributed by atoms with Crippen LogP contribution in [0.15, 0.2) is 23.2 Å². The van der Waals surface area contributed by atoms with Crippen LogP contribution >= 0.6 is 24.0 Å². The molecule has 1 aliphatic rings. The first-order valence-corrected chi connectivity index (χ1v) is 11.9. The van der Waals surface area contributed by atoms with Crippen LogP contribution in [0.1, 0.15) is 50.3 Å². The Hall–Kier alpha value is -0.980. The molecule has 1 aliphatic heterocycles. The minimum atomic E-state index is -3.42. The second-order valence-electron chi connectivity index (χ2n) is 7.29. The van der Waals surface area contributed by atoms with Crippen molar-refractivity contribution in [2.24, 2.45) is 4.99 Å². The molecule has 172 valence electrons. The topological polar surface area (TPSA) is 91.8 Å². The monoisotopic (exact) mass is 556 g/mol. The second-order valence-corrected chi connectivity index (χ2v) is 9.22. The Kier molecular flexibility index (Phi) is 12.1. The van der Waals surface area contributed by atoms with Gasteiger partial charge in [-0.3, -0.25) is 4.99 Å². The summed E-state index contributed by atoms with van der Waals surface area (Å²) in [6.07, 6.45) is 2.94. The predicted octanol–water partition coefficient (Wildman–Crippen LogP) is 2.86. The van der Waals surface area contributed by atoms with Gasteiger partial charge in [0.1, 0.15) is 5.82 Å².